The summed E-state index contributed by atoms with van der Waals surface area (Å²) in [5.41, 5.74) is 2.62. The van der Waals surface area contributed by atoms with Crippen molar-refractivity contribution in [1.82, 2.24) is 10.6 Å². The van der Waals surface area contributed by atoms with E-state index in [1.807, 2.05) is 6.92 Å². The molecular weight excluding hydrogens is 248 g/mol. The number of nitrogens with one attached hydrogen (secondary N) is 2. The molecule has 1 aromatic carbocycles. The van der Waals surface area contributed by atoms with Crippen molar-refractivity contribution < 1.29 is 4.79 Å². The molecular formula is C17H28N2O. The molecule has 0 bridgehead atoms. The maximum atomic E-state index is 11.7. The van der Waals surface area contributed by atoms with E-state index >= 15 is 0 Å². The minimum atomic E-state index is 0.125. The molecule has 0 saturated heterocycles. The topological polar surface area (TPSA) is 41.1 Å². The summed E-state index contributed by atoms with van der Waals surface area (Å²) in [5, 5.41) is 6.38. The van der Waals surface area contributed by atoms with E-state index < -0.39 is 0 Å². The summed E-state index contributed by atoms with van der Waals surface area (Å²) >= 11 is 0. The van der Waals surface area contributed by atoms with Crippen molar-refractivity contribution >= 4 is 5.91 Å². The van der Waals surface area contributed by atoms with E-state index in [-0.39, 0.29) is 18.0 Å². The minimum absolute atomic E-state index is 0.125. The molecule has 0 saturated carbocycles. The summed E-state index contributed by atoms with van der Waals surface area (Å²) in [6.45, 7) is 9.10. The van der Waals surface area contributed by atoms with Crippen LogP contribution in [-0.2, 0) is 11.2 Å². The molecule has 3 nitrogen and oxygen atoms in total. The number of hydrogen-bond donors (Lipinski definition) is 2. The van der Waals surface area contributed by atoms with Crippen molar-refractivity contribution in [1.29, 1.82) is 0 Å². The first-order valence-electron chi connectivity index (χ1n) is 7.68. The summed E-state index contributed by atoms with van der Waals surface area (Å²) in [4.78, 5) is 11.7. The van der Waals surface area contributed by atoms with Gasteiger partial charge in [0.1, 0.15) is 0 Å². The molecule has 2 atom stereocenters. The Balaban J connectivity index is 2.32. The van der Waals surface area contributed by atoms with E-state index in [0.29, 0.717) is 13.0 Å². The van der Waals surface area contributed by atoms with Crippen LogP contribution in [0.1, 0.15) is 57.7 Å². The highest BCUT2D eigenvalue weighted by atomic mass is 16.1. The Labute approximate surface area is 123 Å². The lowest BCUT2D eigenvalue weighted by Crippen LogP contribution is -2.34. The fourth-order valence-electron chi connectivity index (χ4n) is 2.01. The van der Waals surface area contributed by atoms with Gasteiger partial charge >= 0.3 is 0 Å². The second kappa shape index (κ2) is 8.75. The van der Waals surface area contributed by atoms with Gasteiger partial charge in [0.2, 0.25) is 5.91 Å². The lowest BCUT2D eigenvalue weighted by atomic mass is 10.0. The monoisotopic (exact) mass is 276 g/mol. The molecule has 0 spiro atoms. The third-order valence-electron chi connectivity index (χ3n) is 3.71. The minimum Gasteiger partial charge on any atom is -0.354 e. The first-order chi connectivity index (χ1) is 9.56. The highest BCUT2D eigenvalue weighted by molar-refractivity contribution is 5.76. The predicted molar refractivity (Wildman–Crippen MR) is 84.8 cm³/mol. The Kier molecular flexibility index (Phi) is 7.31. The summed E-state index contributed by atoms with van der Waals surface area (Å²) in [7, 11) is 0. The molecule has 20 heavy (non-hydrogen) atoms. The van der Waals surface area contributed by atoms with E-state index in [9.17, 15) is 4.79 Å². The van der Waals surface area contributed by atoms with Gasteiger partial charge < -0.3 is 10.6 Å². The first-order valence-corrected chi connectivity index (χ1v) is 7.68. The van der Waals surface area contributed by atoms with Gasteiger partial charge in [-0.2, -0.15) is 0 Å². The van der Waals surface area contributed by atoms with Gasteiger partial charge in [-0.15, -0.1) is 0 Å². The first kappa shape index (κ1) is 16.7. The number of benzene rings is 1. The zero-order chi connectivity index (χ0) is 15.0. The lowest BCUT2D eigenvalue weighted by molar-refractivity contribution is -0.121. The number of carbonyl (C=O) groups excluding carboxylic acids is 1. The summed E-state index contributed by atoms with van der Waals surface area (Å²) in [6.07, 6.45) is 2.57. The molecule has 112 valence electrons. The standard InChI is InChI=1S/C17H28N2O/c1-5-13(3)19-17(20)11-12-18-14(4)16-9-7-15(6-2)8-10-16/h7-10,13-14,18H,5-6,11-12H2,1-4H3,(H,19,20). The maximum Gasteiger partial charge on any atom is 0.221 e. The Hall–Kier alpha value is -1.35. The Morgan fingerprint density at radius 2 is 1.80 bits per heavy atom. The molecule has 0 fully saturated rings. The molecule has 3 heteroatoms. The van der Waals surface area contributed by atoms with Crippen LogP contribution in [0.4, 0.5) is 0 Å². The molecule has 0 aliphatic carbocycles. The molecule has 0 heterocycles. The van der Waals surface area contributed by atoms with E-state index in [2.05, 4.69) is 55.7 Å². The van der Waals surface area contributed by atoms with Crippen LogP contribution in [0.5, 0.6) is 0 Å². The molecule has 2 unspecified atom stereocenters. The van der Waals surface area contributed by atoms with Gasteiger partial charge in [0.15, 0.2) is 0 Å². The predicted octanol–water partition coefficient (Wildman–Crippen LogP) is 3.20. The van der Waals surface area contributed by atoms with Gasteiger partial charge in [-0.05, 0) is 37.8 Å². The number of hydrogen-bond acceptors (Lipinski definition) is 2. The van der Waals surface area contributed by atoms with Crippen LogP contribution in [-0.4, -0.2) is 18.5 Å². The molecule has 1 rings (SSSR count). The summed E-state index contributed by atoms with van der Waals surface area (Å²) in [6, 6.07) is 9.21. The van der Waals surface area contributed by atoms with Crippen LogP contribution in [0.3, 0.4) is 0 Å². The second-order valence-corrected chi connectivity index (χ2v) is 5.40. The van der Waals surface area contributed by atoms with Crippen LogP contribution in [0.2, 0.25) is 0 Å². The average Bonchev–Trinajstić information content (AvgIpc) is 2.47. The normalized spacial score (nSPS) is 13.8. The molecule has 0 aliphatic rings. The molecule has 0 aromatic heterocycles. The molecule has 0 aliphatic heterocycles. The zero-order valence-corrected chi connectivity index (χ0v) is 13.2. The summed E-state index contributed by atoms with van der Waals surface area (Å²) < 4.78 is 0. The largest absolute Gasteiger partial charge is 0.354 e. The number of amides is 1. The molecule has 1 aromatic rings. The van der Waals surface area contributed by atoms with Gasteiger partial charge in [-0.1, -0.05) is 38.1 Å². The van der Waals surface area contributed by atoms with Crippen LogP contribution in [0.25, 0.3) is 0 Å². The van der Waals surface area contributed by atoms with E-state index in [1.165, 1.54) is 11.1 Å². The lowest BCUT2D eigenvalue weighted by Gasteiger charge is -2.15. The maximum absolute atomic E-state index is 11.7. The number of carbonyl (C=O) groups is 1. The highest BCUT2D eigenvalue weighted by Crippen LogP contribution is 2.13. The van der Waals surface area contributed by atoms with Gasteiger partial charge in [0, 0.05) is 25.0 Å². The SMILES string of the molecule is CCc1ccc(C(C)NCCC(=O)NC(C)CC)cc1. The van der Waals surface area contributed by atoms with Crippen molar-refractivity contribution in [2.45, 2.75) is 59.0 Å². The second-order valence-electron chi connectivity index (χ2n) is 5.40. The van der Waals surface area contributed by atoms with Crippen LogP contribution >= 0.6 is 0 Å². The zero-order valence-electron chi connectivity index (χ0n) is 13.2. The van der Waals surface area contributed by atoms with Crippen molar-refractivity contribution in [3.63, 3.8) is 0 Å². The number of aryl methyl sites for hydroxylation is 1. The van der Waals surface area contributed by atoms with Crippen LogP contribution < -0.4 is 10.6 Å². The number of rotatable bonds is 8. The van der Waals surface area contributed by atoms with Crippen molar-refractivity contribution in [2.75, 3.05) is 6.54 Å². The van der Waals surface area contributed by atoms with E-state index in [4.69, 9.17) is 0 Å². The third-order valence-corrected chi connectivity index (χ3v) is 3.71. The Morgan fingerprint density at radius 1 is 1.15 bits per heavy atom. The Bertz CT molecular complexity index is 400. The van der Waals surface area contributed by atoms with Crippen LogP contribution in [0, 0.1) is 0 Å². The third kappa shape index (κ3) is 5.74. The van der Waals surface area contributed by atoms with Crippen LogP contribution in [0.15, 0.2) is 24.3 Å². The molecule has 2 N–H and O–H groups in total. The summed E-state index contributed by atoms with van der Waals surface area (Å²) in [5.74, 6) is 0.125. The van der Waals surface area contributed by atoms with Crippen molar-refractivity contribution in [3.05, 3.63) is 35.4 Å². The van der Waals surface area contributed by atoms with Crippen molar-refractivity contribution in [2.24, 2.45) is 0 Å². The van der Waals surface area contributed by atoms with Gasteiger partial charge in [-0.3, -0.25) is 4.79 Å². The Morgan fingerprint density at radius 3 is 2.35 bits per heavy atom. The van der Waals surface area contributed by atoms with Crippen molar-refractivity contribution in [3.8, 4) is 0 Å². The average molecular weight is 276 g/mol. The van der Waals surface area contributed by atoms with E-state index in [1.54, 1.807) is 0 Å². The van der Waals surface area contributed by atoms with Gasteiger partial charge in [0.05, 0.1) is 0 Å². The van der Waals surface area contributed by atoms with E-state index in [0.717, 1.165) is 12.8 Å². The smallest absolute Gasteiger partial charge is 0.221 e. The van der Waals surface area contributed by atoms with Gasteiger partial charge in [-0.25, -0.2) is 0 Å². The highest BCUT2D eigenvalue weighted by Gasteiger charge is 2.07. The fourth-order valence-corrected chi connectivity index (χ4v) is 2.01. The molecule has 0 radical (unpaired) electrons. The fraction of sp³-hybridized carbons (Fsp3) is 0.588. The van der Waals surface area contributed by atoms with Gasteiger partial charge in [0.25, 0.3) is 0 Å². The molecule has 1 amide bonds. The quantitative estimate of drug-likeness (QED) is 0.765.